The second-order valence-corrected chi connectivity index (χ2v) is 36.6. The predicted molar refractivity (Wildman–Crippen MR) is 559 cm³/mol. The molecule has 0 bridgehead atoms. The Morgan fingerprint density at radius 1 is 0.159 bits per heavy atom. The van der Waals surface area contributed by atoms with E-state index in [9.17, 15) is 0 Å². The van der Waals surface area contributed by atoms with Crippen molar-refractivity contribution in [2.45, 2.75) is 0 Å². The van der Waals surface area contributed by atoms with Crippen molar-refractivity contribution in [3.8, 4) is 124 Å². The SMILES string of the molecule is c1ccc2cc(-c3ccc(-c4nc(-c5ccc(-c6ccc7ccccc7c6)cc5)c5sc6ccccc6c5n4)cc3)ccc2c1.c1ccc2cc(-c3ccc(-c4nc(-c5ccc(-c6cccc7ccccc67)cc5)nc5c4sc4ccccc45)cc3)ccc2c1.c1ccc2cc(-c3ccc(-c4nc(-c5ccc6c(c5)oc5ccccc56)nc5c4sc4ccccc45)cc3)ccc2c1. The highest BCUT2D eigenvalue weighted by atomic mass is 32.1. The molecule has 27 rings (SSSR count). The molecule has 7 nitrogen and oxygen atoms in total. The van der Waals surface area contributed by atoms with Crippen molar-refractivity contribution in [2.75, 3.05) is 0 Å². The van der Waals surface area contributed by atoms with Crippen LogP contribution in [0.4, 0.5) is 0 Å². The van der Waals surface area contributed by atoms with Crippen molar-refractivity contribution in [2.24, 2.45) is 0 Å². The molecule has 0 unspecified atom stereocenters. The van der Waals surface area contributed by atoms with Crippen LogP contribution in [0.2, 0.25) is 0 Å². The van der Waals surface area contributed by atoms with Crippen LogP contribution in [0, 0.1) is 0 Å². The van der Waals surface area contributed by atoms with Gasteiger partial charge in [0.2, 0.25) is 0 Å². The van der Waals surface area contributed by atoms with Crippen molar-refractivity contribution < 1.29 is 4.42 Å². The lowest BCUT2D eigenvalue weighted by atomic mass is 9.97. The van der Waals surface area contributed by atoms with Gasteiger partial charge in [0.05, 0.1) is 47.7 Å². The summed E-state index contributed by atoms with van der Waals surface area (Å²) in [5.41, 5.74) is 25.8. The number of hydrogen-bond donors (Lipinski definition) is 0. The van der Waals surface area contributed by atoms with Gasteiger partial charge < -0.3 is 4.42 Å². The van der Waals surface area contributed by atoms with E-state index < -0.39 is 0 Å². The second-order valence-electron chi connectivity index (χ2n) is 33.5. The first-order valence-electron chi connectivity index (χ1n) is 44.3. The lowest BCUT2D eigenvalue weighted by Gasteiger charge is -2.10. The zero-order chi connectivity index (χ0) is 87.1. The number of aromatic nitrogens is 6. The largest absolute Gasteiger partial charge is 0.456 e. The summed E-state index contributed by atoms with van der Waals surface area (Å²) in [5.74, 6) is 2.18. The number of para-hydroxylation sites is 1. The molecule has 7 aromatic heterocycles. The summed E-state index contributed by atoms with van der Waals surface area (Å²) in [4.78, 5) is 31.1. The first-order valence-corrected chi connectivity index (χ1v) is 46.8. The minimum Gasteiger partial charge on any atom is -0.456 e. The first-order chi connectivity index (χ1) is 65.3. The van der Waals surface area contributed by atoms with E-state index in [0.717, 1.165) is 120 Å². The first kappa shape index (κ1) is 77.7. The molecule has 10 heteroatoms. The fraction of sp³-hybridized carbons (Fsp3) is 0. The number of hydrogen-bond acceptors (Lipinski definition) is 10. The Bertz CT molecular complexity index is 9200. The predicted octanol–water partition coefficient (Wildman–Crippen LogP) is 34.5. The van der Waals surface area contributed by atoms with E-state index in [-0.39, 0.29) is 0 Å². The van der Waals surface area contributed by atoms with Crippen LogP contribution in [0.3, 0.4) is 0 Å². The standard InChI is InChI=1S/2C42H26N2S.C38H22N2OS/c1-3-9-33-25-35(23-17-27(33)7-1)29-13-19-31(20-14-29)39-41-40(37-11-5-6-12-38(37)45-41)44-42(43-39)32-21-15-30(16-22-32)36-24-18-28-8-2-4-10-34(28)26-36;1-2-10-33-26-34(25-18-27(33)8-1)28-16-21-31(22-17-28)39-41-40(37-13-5-6-15-38(37)45-41)44-42(43-39)32-23-19-30(20-24-32)36-14-7-11-29-9-3-4-12-35(29)36;1-2-8-26-21-27(18-15-23(26)7-1)24-13-16-25(17-14-24)35-37-36(31-10-4-6-12-34(31)42-37)40-38(39-35)28-19-20-30-29-9-3-5-11-32(29)41-33(30)22-28/h2*1-26H;1-22H. The summed E-state index contributed by atoms with van der Waals surface area (Å²) in [7, 11) is 0. The van der Waals surface area contributed by atoms with Crippen LogP contribution < -0.4 is 0 Å². The van der Waals surface area contributed by atoms with E-state index in [1.165, 1.54) is 134 Å². The van der Waals surface area contributed by atoms with E-state index in [1.54, 1.807) is 34.0 Å². The molecule has 0 saturated carbocycles. The molecule has 0 aliphatic rings. The van der Waals surface area contributed by atoms with E-state index in [0.29, 0.717) is 5.82 Å². The van der Waals surface area contributed by atoms with Crippen LogP contribution in [0.15, 0.2) is 453 Å². The van der Waals surface area contributed by atoms with Gasteiger partial charge in [-0.05, 0) is 170 Å². The molecule has 0 aliphatic carbocycles. The summed E-state index contributed by atoms with van der Waals surface area (Å²) in [6.07, 6.45) is 0. The molecule has 616 valence electrons. The topological polar surface area (TPSA) is 90.5 Å². The number of benzene rings is 20. The van der Waals surface area contributed by atoms with Gasteiger partial charge in [0.15, 0.2) is 17.5 Å². The minimum absolute atomic E-state index is 0.696. The third-order valence-corrected chi connectivity index (χ3v) is 29.0. The lowest BCUT2D eigenvalue weighted by Crippen LogP contribution is -1.94. The van der Waals surface area contributed by atoms with E-state index in [4.69, 9.17) is 34.3 Å². The molecule has 20 aromatic carbocycles. The molecule has 0 saturated heterocycles. The molecule has 132 heavy (non-hydrogen) atoms. The van der Waals surface area contributed by atoms with Crippen LogP contribution >= 0.6 is 34.0 Å². The summed E-state index contributed by atoms with van der Waals surface area (Å²) < 4.78 is 13.2. The summed E-state index contributed by atoms with van der Waals surface area (Å²) in [5, 5.41) is 18.2. The van der Waals surface area contributed by atoms with Crippen molar-refractivity contribution in [1.82, 2.24) is 29.9 Å². The van der Waals surface area contributed by atoms with Crippen LogP contribution in [0.1, 0.15) is 0 Å². The van der Waals surface area contributed by atoms with Gasteiger partial charge in [0, 0.05) is 74.4 Å². The van der Waals surface area contributed by atoms with Gasteiger partial charge in [0.25, 0.3) is 0 Å². The number of thiophene rings is 3. The normalized spacial score (nSPS) is 11.6. The van der Waals surface area contributed by atoms with Gasteiger partial charge in [-0.1, -0.05) is 388 Å². The van der Waals surface area contributed by atoms with Crippen molar-refractivity contribution in [3.63, 3.8) is 0 Å². The highest BCUT2D eigenvalue weighted by Crippen LogP contribution is 2.46. The van der Waals surface area contributed by atoms with Gasteiger partial charge in [-0.15, -0.1) is 34.0 Å². The van der Waals surface area contributed by atoms with Crippen LogP contribution in [-0.2, 0) is 0 Å². The molecule has 0 fully saturated rings. The van der Waals surface area contributed by atoms with Gasteiger partial charge in [-0.2, -0.15) is 0 Å². The fourth-order valence-electron chi connectivity index (χ4n) is 18.6. The Morgan fingerprint density at radius 3 is 0.818 bits per heavy atom. The number of fused-ring (bicyclic) bond motifs is 17. The Kier molecular flexibility index (Phi) is 19.4. The van der Waals surface area contributed by atoms with Gasteiger partial charge >= 0.3 is 0 Å². The Labute approximate surface area is 771 Å². The summed E-state index contributed by atoms with van der Waals surface area (Å²) in [6, 6.07) is 159. The van der Waals surface area contributed by atoms with Gasteiger partial charge in [-0.25, -0.2) is 29.9 Å². The molecular formula is C122H74N6OS3. The van der Waals surface area contributed by atoms with Crippen LogP contribution in [0.5, 0.6) is 0 Å². The Hall–Kier alpha value is -16.6. The highest BCUT2D eigenvalue weighted by Gasteiger charge is 2.23. The van der Waals surface area contributed by atoms with E-state index >= 15 is 0 Å². The maximum Gasteiger partial charge on any atom is 0.160 e. The van der Waals surface area contributed by atoms with Crippen LogP contribution in [-0.4, -0.2) is 29.9 Å². The smallest absolute Gasteiger partial charge is 0.160 e. The van der Waals surface area contributed by atoms with Gasteiger partial charge in [-0.3, -0.25) is 0 Å². The zero-order valence-electron chi connectivity index (χ0n) is 71.0. The average molecular weight is 1740 g/mol. The molecular weight excluding hydrogens is 1660 g/mol. The van der Waals surface area contributed by atoms with E-state index in [1.807, 2.05) is 18.2 Å². The number of nitrogens with zero attached hydrogens (tertiary/aromatic N) is 6. The number of rotatable bonds is 11. The van der Waals surface area contributed by atoms with Crippen LogP contribution in [0.25, 0.3) is 260 Å². The van der Waals surface area contributed by atoms with E-state index in [2.05, 4.69) is 431 Å². The maximum atomic E-state index is 6.20. The summed E-state index contributed by atoms with van der Waals surface area (Å²) in [6.45, 7) is 0. The average Bonchev–Trinajstić information content (AvgIpc) is 1.59. The lowest BCUT2D eigenvalue weighted by molar-refractivity contribution is 0.669. The Balaban J connectivity index is 0.000000106. The monoisotopic (exact) mass is 1730 g/mol. The molecule has 0 radical (unpaired) electrons. The maximum absolute atomic E-state index is 6.20. The highest BCUT2D eigenvalue weighted by molar-refractivity contribution is 7.27. The van der Waals surface area contributed by atoms with Gasteiger partial charge in [0.1, 0.15) is 11.2 Å². The molecule has 0 atom stereocenters. The second kappa shape index (κ2) is 32.9. The number of furan rings is 1. The quantitative estimate of drug-likeness (QED) is 0.127. The molecule has 0 spiro atoms. The fourth-order valence-corrected chi connectivity index (χ4v) is 22.1. The minimum atomic E-state index is 0.696. The van der Waals surface area contributed by atoms with Crippen molar-refractivity contribution >= 4 is 171 Å². The molecule has 27 aromatic rings. The molecule has 0 N–H and O–H groups in total. The zero-order valence-corrected chi connectivity index (χ0v) is 73.5. The molecule has 0 amide bonds. The van der Waals surface area contributed by atoms with Crippen molar-refractivity contribution in [3.05, 3.63) is 449 Å². The van der Waals surface area contributed by atoms with Crippen molar-refractivity contribution in [1.29, 1.82) is 0 Å². The third kappa shape index (κ3) is 14.4. The molecule has 0 aliphatic heterocycles. The summed E-state index contributed by atoms with van der Waals surface area (Å²) >= 11 is 5.28. The third-order valence-electron chi connectivity index (χ3n) is 25.5. The Morgan fingerprint density at radius 2 is 0.432 bits per heavy atom. The molecule has 7 heterocycles.